The van der Waals surface area contributed by atoms with E-state index in [0.29, 0.717) is 0 Å². The standard InChI is InChI=1S/C10H28O2Si3.2CH4/c1-8-9-10-14(4,5)12-15(6,7)11-13(2)3;;/h13H,8-10H2,1-7H3;2*1H4. The molecule has 108 valence electrons. The Bertz CT molecular complexity index is 183. The zero-order valence-electron chi connectivity index (χ0n) is 11.5. The Kier molecular flexibility index (Phi) is 12.7. The van der Waals surface area contributed by atoms with Crippen molar-refractivity contribution in [2.75, 3.05) is 0 Å². The van der Waals surface area contributed by atoms with E-state index in [4.69, 9.17) is 8.23 Å². The summed E-state index contributed by atoms with van der Waals surface area (Å²) < 4.78 is 12.4. The molecule has 0 aliphatic rings. The maximum atomic E-state index is 6.33. The van der Waals surface area contributed by atoms with Gasteiger partial charge in [0.15, 0.2) is 17.4 Å². The second kappa shape index (κ2) is 9.49. The van der Waals surface area contributed by atoms with E-state index in [1.165, 1.54) is 18.9 Å². The van der Waals surface area contributed by atoms with Crippen LogP contribution < -0.4 is 0 Å². The summed E-state index contributed by atoms with van der Waals surface area (Å²) in [6.45, 7) is 15.7. The van der Waals surface area contributed by atoms with Crippen molar-refractivity contribution in [2.45, 2.75) is 79.9 Å². The van der Waals surface area contributed by atoms with Crippen molar-refractivity contribution >= 4 is 25.9 Å². The first-order valence-corrected chi connectivity index (χ1v) is 14.8. The molecule has 0 rings (SSSR count). The minimum Gasteiger partial charge on any atom is -0.440 e. The molecule has 0 aromatic rings. The van der Waals surface area contributed by atoms with Crippen molar-refractivity contribution in [2.24, 2.45) is 0 Å². The van der Waals surface area contributed by atoms with Gasteiger partial charge in [-0.05, 0) is 45.3 Å². The first kappa shape index (κ1) is 22.7. The van der Waals surface area contributed by atoms with Crippen LogP contribution in [0, 0.1) is 0 Å². The van der Waals surface area contributed by atoms with Crippen LogP contribution in [0.4, 0.5) is 0 Å². The molecule has 0 aromatic carbocycles. The maximum Gasteiger partial charge on any atom is 0.310 e. The Morgan fingerprint density at radius 1 is 1.00 bits per heavy atom. The van der Waals surface area contributed by atoms with Crippen LogP contribution in [0.2, 0.25) is 45.3 Å². The molecule has 17 heavy (non-hydrogen) atoms. The van der Waals surface area contributed by atoms with Gasteiger partial charge in [0, 0.05) is 0 Å². The molecule has 5 heteroatoms. The number of unbranched alkanes of at least 4 members (excludes halogenated alkanes) is 1. The summed E-state index contributed by atoms with van der Waals surface area (Å²) in [5.74, 6) is 0. The molecule has 0 heterocycles. The van der Waals surface area contributed by atoms with E-state index in [-0.39, 0.29) is 14.9 Å². The highest BCUT2D eigenvalue weighted by molar-refractivity contribution is 6.84. The largest absolute Gasteiger partial charge is 0.440 e. The average Bonchev–Trinajstić information content (AvgIpc) is 1.95. The van der Waals surface area contributed by atoms with Crippen molar-refractivity contribution < 1.29 is 8.23 Å². The van der Waals surface area contributed by atoms with Gasteiger partial charge in [-0.2, -0.15) is 0 Å². The Morgan fingerprint density at radius 3 is 1.82 bits per heavy atom. The van der Waals surface area contributed by atoms with E-state index in [1.807, 2.05) is 0 Å². The molecule has 0 aliphatic carbocycles. The predicted molar refractivity (Wildman–Crippen MR) is 89.2 cm³/mol. The lowest BCUT2D eigenvalue weighted by Gasteiger charge is -2.34. The molecule has 0 aliphatic heterocycles. The fourth-order valence-electron chi connectivity index (χ4n) is 1.91. The highest BCUT2D eigenvalue weighted by Crippen LogP contribution is 2.21. The molecule has 0 radical (unpaired) electrons. The lowest BCUT2D eigenvalue weighted by molar-refractivity contribution is 0.400. The van der Waals surface area contributed by atoms with Crippen molar-refractivity contribution in [3.05, 3.63) is 0 Å². The third kappa shape index (κ3) is 12.8. The third-order valence-electron chi connectivity index (χ3n) is 2.17. The first-order chi connectivity index (χ1) is 6.68. The molecule has 0 saturated carbocycles. The zero-order chi connectivity index (χ0) is 12.1. The van der Waals surface area contributed by atoms with Gasteiger partial charge in [-0.3, -0.25) is 0 Å². The van der Waals surface area contributed by atoms with Crippen molar-refractivity contribution in [3.8, 4) is 0 Å². The topological polar surface area (TPSA) is 18.5 Å². The molecule has 2 nitrogen and oxygen atoms in total. The lowest BCUT2D eigenvalue weighted by atomic mass is 10.4. The van der Waals surface area contributed by atoms with Crippen LogP contribution in [0.5, 0.6) is 0 Å². The van der Waals surface area contributed by atoms with Gasteiger partial charge >= 0.3 is 8.56 Å². The summed E-state index contributed by atoms with van der Waals surface area (Å²) in [4.78, 5) is 0. The van der Waals surface area contributed by atoms with Gasteiger partial charge in [0.05, 0.1) is 0 Å². The van der Waals surface area contributed by atoms with Crippen molar-refractivity contribution in [1.82, 2.24) is 0 Å². The summed E-state index contributed by atoms with van der Waals surface area (Å²) in [5.41, 5.74) is 0. The number of rotatable bonds is 7. The fraction of sp³-hybridized carbons (Fsp3) is 1.00. The Labute approximate surface area is 114 Å². The monoisotopic (exact) mass is 296 g/mol. The molecule has 0 unspecified atom stereocenters. The molecule has 0 aromatic heterocycles. The molecule has 0 spiro atoms. The van der Waals surface area contributed by atoms with E-state index >= 15 is 0 Å². The summed E-state index contributed by atoms with van der Waals surface area (Å²) in [7, 11) is -4.25. The first-order valence-electron chi connectivity index (χ1n) is 6.06. The van der Waals surface area contributed by atoms with Gasteiger partial charge in [0.25, 0.3) is 0 Å². The predicted octanol–water partition coefficient (Wildman–Crippen LogP) is 4.98. The van der Waals surface area contributed by atoms with E-state index in [1.54, 1.807) is 0 Å². The van der Waals surface area contributed by atoms with Gasteiger partial charge in [-0.1, -0.05) is 34.6 Å². The summed E-state index contributed by atoms with van der Waals surface area (Å²) >= 11 is 0. The molecule has 0 fully saturated rings. The number of hydrogen-bond acceptors (Lipinski definition) is 2. The second-order valence-electron chi connectivity index (χ2n) is 5.53. The van der Waals surface area contributed by atoms with Crippen LogP contribution >= 0.6 is 0 Å². The Balaban J connectivity index is -0.000000980. The third-order valence-corrected chi connectivity index (χ3v) is 12.1. The highest BCUT2D eigenvalue weighted by atomic mass is 28.5. The highest BCUT2D eigenvalue weighted by Gasteiger charge is 2.34. The molecule has 0 saturated heterocycles. The van der Waals surface area contributed by atoms with E-state index in [0.717, 1.165) is 0 Å². The summed E-state index contributed by atoms with van der Waals surface area (Å²) in [6, 6.07) is 1.27. The van der Waals surface area contributed by atoms with E-state index in [9.17, 15) is 0 Å². The van der Waals surface area contributed by atoms with E-state index < -0.39 is 25.9 Å². The normalized spacial score (nSPS) is 12.0. The van der Waals surface area contributed by atoms with Crippen LogP contribution in [0.15, 0.2) is 0 Å². The molecule has 0 amide bonds. The van der Waals surface area contributed by atoms with Crippen LogP contribution in [0.3, 0.4) is 0 Å². The Hall–Kier alpha value is 0.571. The zero-order valence-corrected chi connectivity index (χ0v) is 14.7. The number of hydrogen-bond donors (Lipinski definition) is 0. The SMILES string of the molecule is C.C.CCCC[Si](C)(C)O[Si](C)(C)O[SiH](C)C. The lowest BCUT2D eigenvalue weighted by Crippen LogP contribution is -2.48. The smallest absolute Gasteiger partial charge is 0.310 e. The van der Waals surface area contributed by atoms with Gasteiger partial charge in [-0.15, -0.1) is 0 Å². The van der Waals surface area contributed by atoms with Crippen LogP contribution in [-0.4, -0.2) is 25.9 Å². The van der Waals surface area contributed by atoms with Crippen LogP contribution in [0.25, 0.3) is 0 Å². The second-order valence-corrected chi connectivity index (χ2v) is 16.2. The fourth-order valence-corrected chi connectivity index (χ4v) is 14.0. The Morgan fingerprint density at radius 2 is 1.47 bits per heavy atom. The van der Waals surface area contributed by atoms with Gasteiger partial charge in [0.2, 0.25) is 0 Å². The van der Waals surface area contributed by atoms with Gasteiger partial charge in [-0.25, -0.2) is 0 Å². The molecule has 0 bridgehead atoms. The summed E-state index contributed by atoms with van der Waals surface area (Å²) in [5, 5.41) is 0. The van der Waals surface area contributed by atoms with Crippen LogP contribution in [0.1, 0.15) is 34.6 Å². The van der Waals surface area contributed by atoms with Gasteiger partial charge in [0.1, 0.15) is 0 Å². The van der Waals surface area contributed by atoms with Crippen LogP contribution in [-0.2, 0) is 8.23 Å². The molecule has 0 N–H and O–H groups in total. The molecular formula is C12H36O2Si3. The quantitative estimate of drug-likeness (QED) is 0.617. The van der Waals surface area contributed by atoms with Crippen molar-refractivity contribution in [1.29, 1.82) is 0 Å². The maximum absolute atomic E-state index is 6.33. The van der Waals surface area contributed by atoms with E-state index in [2.05, 4.69) is 46.2 Å². The molecule has 0 atom stereocenters. The minimum absolute atomic E-state index is 0. The van der Waals surface area contributed by atoms with Crippen molar-refractivity contribution in [3.63, 3.8) is 0 Å². The summed E-state index contributed by atoms with van der Waals surface area (Å²) in [6.07, 6.45) is 2.56. The molecular weight excluding hydrogens is 260 g/mol. The van der Waals surface area contributed by atoms with Gasteiger partial charge < -0.3 is 8.23 Å². The minimum atomic E-state index is -1.83. The average molecular weight is 297 g/mol.